The average Bonchev–Trinajstić information content (AvgIpc) is 3.70. The molecule has 350 valence electrons. The van der Waals surface area contributed by atoms with Gasteiger partial charge in [0.25, 0.3) is 5.91 Å². The minimum absolute atomic E-state index is 0.00668. The van der Waals surface area contributed by atoms with Gasteiger partial charge in [-0.3, -0.25) is 24.0 Å². The van der Waals surface area contributed by atoms with Gasteiger partial charge in [0, 0.05) is 49.5 Å². The molecule has 6 rings (SSSR count). The highest BCUT2D eigenvalue weighted by Crippen LogP contribution is 2.39. The number of aliphatic carboxylic acids is 1. The maximum Gasteiger partial charge on any atom is 0.326 e. The van der Waals surface area contributed by atoms with Gasteiger partial charge in [0.1, 0.15) is 41.7 Å². The Hall–Kier alpha value is -6.74. The van der Waals surface area contributed by atoms with Crippen LogP contribution >= 0.6 is 0 Å². The number of aryl methyl sites for hydroxylation is 1. The number of carbonyl (C=O) groups excluding carboxylic acids is 5. The summed E-state index contributed by atoms with van der Waals surface area (Å²) in [7, 11) is 1.39. The molecule has 15 nitrogen and oxygen atoms in total. The first-order chi connectivity index (χ1) is 31.6. The number of carboxylic acids is 1. The Morgan fingerprint density at radius 1 is 0.803 bits per heavy atom. The molecule has 1 fully saturated rings. The smallest absolute Gasteiger partial charge is 0.326 e. The number of nitrogens with one attached hydrogen (secondary N) is 3. The van der Waals surface area contributed by atoms with Crippen molar-refractivity contribution in [3.05, 3.63) is 107 Å². The van der Waals surface area contributed by atoms with Gasteiger partial charge in [0.15, 0.2) is 0 Å². The molecule has 0 saturated carbocycles. The standard InChI is InChI=1S/C51H62N6O9/c1-4-5-6-7-8-9-10-11-32-12-15-34(16-13-32)35-17-19-36(20-18-35)48(62)53-25-24-45(60)57-30-38(52)29-42(57)50(64)56(3)46-37-21-23-44(59)40(28-37)39-26-33(14-22-43(39)58)27-41(51(65)66)55-47(61)31(2)54-49(46)63/h12-23,26,28,31,38,41-42,46,58-59H,4-11,24-25,27,29-30,52H2,1-3H3,(H,53,62)(H,54,63)(H,55,61)(H,65,66)/p+1/t31-,38-,41-,42-,46-/m0/s1. The van der Waals surface area contributed by atoms with Crippen LogP contribution in [0.1, 0.15) is 105 Å². The number of rotatable bonds is 16. The fraction of sp³-hybridized carbons (Fsp3) is 0.412. The summed E-state index contributed by atoms with van der Waals surface area (Å²) in [6.07, 6.45) is 9.91. The second-order valence-corrected chi connectivity index (χ2v) is 17.6. The van der Waals surface area contributed by atoms with Crippen molar-refractivity contribution in [3.8, 4) is 33.8 Å². The fourth-order valence-electron chi connectivity index (χ4n) is 8.79. The number of hydrogen-bond acceptors (Lipinski definition) is 8. The topological polar surface area (TPSA) is 233 Å². The van der Waals surface area contributed by atoms with Crippen molar-refractivity contribution < 1.29 is 49.8 Å². The summed E-state index contributed by atoms with van der Waals surface area (Å²) < 4.78 is 0. The normalized spacial score (nSPS) is 19.6. The number of quaternary nitrogens is 1. The van der Waals surface area contributed by atoms with Gasteiger partial charge in [-0.2, -0.15) is 0 Å². The van der Waals surface area contributed by atoms with Gasteiger partial charge in [-0.05, 0) is 84.0 Å². The Kier molecular flexibility index (Phi) is 16.6. The molecule has 0 aliphatic carbocycles. The lowest BCUT2D eigenvalue weighted by Crippen LogP contribution is -2.62. The van der Waals surface area contributed by atoms with Gasteiger partial charge in [-0.25, -0.2) is 4.79 Å². The predicted octanol–water partition coefficient (Wildman–Crippen LogP) is 4.89. The first-order valence-corrected chi connectivity index (χ1v) is 23.0. The lowest BCUT2D eigenvalue weighted by atomic mass is 9.93. The first kappa shape index (κ1) is 48.7. The van der Waals surface area contributed by atoms with Crippen LogP contribution in [-0.2, 0) is 36.8 Å². The van der Waals surface area contributed by atoms with Crippen molar-refractivity contribution >= 4 is 35.5 Å². The lowest BCUT2D eigenvalue weighted by molar-refractivity contribution is -0.414. The zero-order valence-electron chi connectivity index (χ0n) is 38.1. The van der Waals surface area contributed by atoms with Crippen LogP contribution in [0, 0.1) is 0 Å². The molecule has 5 atom stereocenters. The van der Waals surface area contributed by atoms with E-state index in [2.05, 4.69) is 52.9 Å². The SMILES string of the molecule is CCCCCCCCCc1ccc(-c2ccc(C(=O)NCCC(=O)N3C[C@@H]([NH3+])C[C@H]3C(=O)N(C)[C@@H]3C(=O)N[C@@H](C)C(=O)N[C@H](C(=O)O)Cc4ccc(O)c(c4)-c4cc3ccc4O)cc2)cc1. The number of likely N-dealkylation sites (N-methyl/N-ethyl adjacent to an activating group) is 1. The molecule has 15 heteroatoms. The summed E-state index contributed by atoms with van der Waals surface area (Å²) >= 11 is 0. The van der Waals surface area contributed by atoms with E-state index in [9.17, 15) is 44.1 Å². The highest BCUT2D eigenvalue weighted by atomic mass is 16.4. The zero-order chi connectivity index (χ0) is 47.5. The number of nitrogens with zero attached hydrogens (tertiary/aromatic N) is 2. The third-order valence-corrected chi connectivity index (χ3v) is 12.6. The van der Waals surface area contributed by atoms with Crippen LogP contribution in [0.5, 0.6) is 11.5 Å². The van der Waals surface area contributed by atoms with Crippen LogP contribution < -0.4 is 21.7 Å². The minimum Gasteiger partial charge on any atom is -0.507 e. The van der Waals surface area contributed by atoms with Gasteiger partial charge in [0.05, 0.1) is 6.54 Å². The molecule has 2 aliphatic heterocycles. The Morgan fingerprint density at radius 3 is 2.09 bits per heavy atom. The average molecular weight is 904 g/mol. The maximum absolute atomic E-state index is 14.5. The van der Waals surface area contributed by atoms with Gasteiger partial charge in [-0.15, -0.1) is 0 Å². The highest BCUT2D eigenvalue weighted by molar-refractivity contribution is 5.97. The number of unbranched alkanes of at least 4 members (excludes halogenated alkanes) is 6. The van der Waals surface area contributed by atoms with E-state index in [1.807, 2.05) is 12.1 Å². The number of benzene rings is 4. The molecule has 5 amide bonds. The van der Waals surface area contributed by atoms with Crippen LogP contribution in [0.25, 0.3) is 22.3 Å². The van der Waals surface area contributed by atoms with Gasteiger partial charge in [-0.1, -0.05) is 94.0 Å². The Bertz CT molecular complexity index is 2390. The second-order valence-electron chi connectivity index (χ2n) is 17.6. The second kappa shape index (κ2) is 22.4. The number of carbonyl (C=O) groups is 6. The number of aromatic hydroxyl groups is 2. The highest BCUT2D eigenvalue weighted by Gasteiger charge is 2.44. The molecule has 0 unspecified atom stereocenters. The minimum atomic E-state index is -1.42. The number of amides is 5. The van der Waals surface area contributed by atoms with E-state index < -0.39 is 53.8 Å². The van der Waals surface area contributed by atoms with Crippen molar-refractivity contribution in [1.29, 1.82) is 0 Å². The molecular formula is C51H63N6O9+. The summed E-state index contributed by atoms with van der Waals surface area (Å²) in [5.41, 5.74) is 8.80. The molecule has 0 radical (unpaired) electrons. The molecule has 4 bridgehead atoms. The number of phenolic OH excluding ortho intramolecular Hbond substituents is 2. The molecule has 4 aromatic carbocycles. The fourth-order valence-corrected chi connectivity index (χ4v) is 8.79. The molecule has 66 heavy (non-hydrogen) atoms. The summed E-state index contributed by atoms with van der Waals surface area (Å²) in [6, 6.07) is 19.0. The summed E-state index contributed by atoms with van der Waals surface area (Å²) in [4.78, 5) is 83.6. The molecule has 0 spiro atoms. The van der Waals surface area contributed by atoms with Crippen LogP contribution in [0.4, 0.5) is 0 Å². The Labute approximate surface area is 385 Å². The number of likely N-dealkylation sites (tertiary alicyclic amines) is 1. The van der Waals surface area contributed by atoms with Gasteiger partial charge >= 0.3 is 5.97 Å². The molecule has 4 aromatic rings. The Morgan fingerprint density at radius 2 is 1.42 bits per heavy atom. The van der Waals surface area contributed by atoms with Crippen molar-refractivity contribution in [3.63, 3.8) is 0 Å². The van der Waals surface area contributed by atoms with Crippen molar-refractivity contribution in [2.75, 3.05) is 20.1 Å². The van der Waals surface area contributed by atoms with Gasteiger partial charge < -0.3 is 46.8 Å². The number of phenols is 2. The quantitative estimate of drug-likeness (QED) is 0.0758. The van der Waals surface area contributed by atoms with Gasteiger partial charge in [0.2, 0.25) is 23.6 Å². The van der Waals surface area contributed by atoms with Crippen molar-refractivity contribution in [2.45, 2.75) is 115 Å². The van der Waals surface area contributed by atoms with E-state index in [4.69, 9.17) is 0 Å². The van der Waals surface area contributed by atoms with E-state index in [-0.39, 0.29) is 72.5 Å². The van der Waals surface area contributed by atoms with Crippen LogP contribution in [0.15, 0.2) is 84.9 Å². The van der Waals surface area contributed by atoms with E-state index in [1.54, 1.807) is 12.1 Å². The summed E-state index contributed by atoms with van der Waals surface area (Å²) in [6.45, 7) is 3.78. The molecule has 0 aromatic heterocycles. The number of hydrogen-bond donors (Lipinski definition) is 7. The van der Waals surface area contributed by atoms with E-state index in [1.165, 1.54) is 111 Å². The van der Waals surface area contributed by atoms with Crippen molar-refractivity contribution in [1.82, 2.24) is 25.8 Å². The van der Waals surface area contributed by atoms with Crippen LogP contribution in [0.3, 0.4) is 0 Å². The van der Waals surface area contributed by atoms with Crippen molar-refractivity contribution in [2.24, 2.45) is 0 Å². The van der Waals surface area contributed by atoms with E-state index >= 15 is 0 Å². The maximum atomic E-state index is 14.5. The molecule has 2 heterocycles. The number of fused-ring (bicyclic) bond motifs is 5. The Balaban J connectivity index is 1.10. The molecule has 2 aliphatic rings. The molecule has 1 saturated heterocycles. The lowest BCUT2D eigenvalue weighted by Gasteiger charge is -2.33. The van der Waals surface area contributed by atoms with Crippen LogP contribution in [0.2, 0.25) is 0 Å². The largest absolute Gasteiger partial charge is 0.507 e. The third kappa shape index (κ3) is 12.1. The van der Waals surface area contributed by atoms with Crippen LogP contribution in [-0.4, -0.2) is 105 Å². The predicted molar refractivity (Wildman–Crippen MR) is 249 cm³/mol. The monoisotopic (exact) mass is 903 g/mol. The molecule has 9 N–H and O–H groups in total. The van der Waals surface area contributed by atoms with E-state index in [0.29, 0.717) is 11.1 Å². The number of carboxylic acid groups (broad SMARTS) is 1. The zero-order valence-corrected chi connectivity index (χ0v) is 38.1. The molecular weight excluding hydrogens is 841 g/mol. The first-order valence-electron chi connectivity index (χ1n) is 23.0. The summed E-state index contributed by atoms with van der Waals surface area (Å²) in [5, 5.41) is 39.6. The van der Waals surface area contributed by atoms with E-state index in [0.717, 1.165) is 17.5 Å². The summed E-state index contributed by atoms with van der Waals surface area (Å²) in [5.74, 6) is -4.73. The third-order valence-electron chi connectivity index (χ3n) is 12.6.